The highest BCUT2D eigenvalue weighted by Crippen LogP contribution is 2.25. The van der Waals surface area contributed by atoms with Gasteiger partial charge in [0.2, 0.25) is 5.88 Å². The Kier molecular flexibility index (Phi) is 3.18. The fourth-order valence-electron chi connectivity index (χ4n) is 1.48. The molecule has 80 valence electrons. The number of thiazole rings is 1. The first-order chi connectivity index (χ1) is 7.79. The van der Waals surface area contributed by atoms with E-state index in [0.29, 0.717) is 11.4 Å². The van der Waals surface area contributed by atoms with Crippen LogP contribution in [0, 0.1) is 11.3 Å². The Balaban J connectivity index is 2.16. The maximum absolute atomic E-state index is 9.15. The van der Waals surface area contributed by atoms with Gasteiger partial charge < -0.3 is 5.11 Å². The highest BCUT2D eigenvalue weighted by molar-refractivity contribution is 7.09. The maximum Gasteiger partial charge on any atom is 0.222 e. The lowest BCUT2D eigenvalue weighted by Gasteiger charge is -2.04. The molecule has 16 heavy (non-hydrogen) atoms. The quantitative estimate of drug-likeness (QED) is 0.882. The van der Waals surface area contributed by atoms with E-state index in [4.69, 9.17) is 10.4 Å². The van der Waals surface area contributed by atoms with Crippen LogP contribution in [-0.2, 0) is 6.42 Å². The Labute approximate surface area is 97.6 Å². The number of hydrogen-bond acceptors (Lipinski definition) is 4. The second-order valence-corrected chi connectivity index (χ2v) is 4.31. The molecule has 2 aromatic rings. The van der Waals surface area contributed by atoms with Gasteiger partial charge in [0.25, 0.3) is 0 Å². The van der Waals surface area contributed by atoms with Crippen LogP contribution >= 0.6 is 11.3 Å². The number of nitriles is 1. The first kappa shape index (κ1) is 10.7. The van der Waals surface area contributed by atoms with Crippen LogP contribution < -0.4 is 0 Å². The van der Waals surface area contributed by atoms with Gasteiger partial charge in [-0.3, -0.25) is 0 Å². The van der Waals surface area contributed by atoms with E-state index < -0.39 is 0 Å². The van der Waals surface area contributed by atoms with Crippen LogP contribution in [0.2, 0.25) is 0 Å². The summed E-state index contributed by atoms with van der Waals surface area (Å²) in [7, 11) is 0. The number of hydrogen-bond donors (Lipinski definition) is 1. The van der Waals surface area contributed by atoms with Crippen LogP contribution in [0.4, 0.5) is 0 Å². The van der Waals surface area contributed by atoms with E-state index in [1.807, 2.05) is 30.3 Å². The number of aromatic hydroxyl groups is 1. The van der Waals surface area contributed by atoms with E-state index in [1.165, 1.54) is 11.3 Å². The Hall–Kier alpha value is -1.86. The predicted octanol–water partition coefficient (Wildman–Crippen LogP) is 2.70. The van der Waals surface area contributed by atoms with E-state index in [1.54, 1.807) is 5.38 Å². The molecule has 1 atom stereocenters. The molecule has 1 aromatic carbocycles. The Bertz CT molecular complexity index is 501. The van der Waals surface area contributed by atoms with Gasteiger partial charge in [0.15, 0.2) is 0 Å². The summed E-state index contributed by atoms with van der Waals surface area (Å²) < 4.78 is 0. The summed E-state index contributed by atoms with van der Waals surface area (Å²) in [5, 5.41) is 20.5. The van der Waals surface area contributed by atoms with Crippen molar-refractivity contribution in [1.82, 2.24) is 4.98 Å². The zero-order valence-corrected chi connectivity index (χ0v) is 9.31. The molecule has 3 nitrogen and oxygen atoms in total. The molecule has 0 spiro atoms. The lowest BCUT2D eigenvalue weighted by Crippen LogP contribution is -1.99. The Morgan fingerprint density at radius 3 is 2.69 bits per heavy atom. The molecule has 4 heteroatoms. The fraction of sp³-hybridized carbons (Fsp3) is 0.167. The van der Waals surface area contributed by atoms with Gasteiger partial charge in [0.05, 0.1) is 11.4 Å². The van der Waals surface area contributed by atoms with Crippen LogP contribution in [0.15, 0.2) is 35.7 Å². The summed E-state index contributed by atoms with van der Waals surface area (Å²) >= 11 is 1.32. The lowest BCUT2D eigenvalue weighted by atomic mass is 10.0. The van der Waals surface area contributed by atoms with E-state index in [0.717, 1.165) is 5.56 Å². The highest BCUT2D eigenvalue weighted by Gasteiger charge is 2.15. The number of rotatable bonds is 3. The standard InChI is InChI=1S/C12H10N2OS/c13-7-10(12-14-11(15)8-16-12)6-9-4-2-1-3-5-9/h1-5,8,10,15H,6H2. The molecule has 1 unspecified atom stereocenters. The third kappa shape index (κ3) is 2.38. The van der Waals surface area contributed by atoms with Crippen molar-refractivity contribution in [2.24, 2.45) is 0 Å². The third-order valence-corrected chi connectivity index (χ3v) is 3.19. The second kappa shape index (κ2) is 4.77. The van der Waals surface area contributed by atoms with E-state index in [-0.39, 0.29) is 11.8 Å². The maximum atomic E-state index is 9.15. The lowest BCUT2D eigenvalue weighted by molar-refractivity contribution is 0.455. The van der Waals surface area contributed by atoms with Gasteiger partial charge in [0.1, 0.15) is 10.9 Å². The van der Waals surface area contributed by atoms with Gasteiger partial charge in [-0.15, -0.1) is 11.3 Å². The molecule has 0 bridgehead atoms. The molecule has 1 aromatic heterocycles. The van der Waals surface area contributed by atoms with Gasteiger partial charge in [0, 0.05) is 0 Å². The second-order valence-electron chi connectivity index (χ2n) is 3.42. The normalized spacial score (nSPS) is 11.9. The van der Waals surface area contributed by atoms with Crippen molar-refractivity contribution in [1.29, 1.82) is 5.26 Å². The molecule has 1 N–H and O–H groups in total. The van der Waals surface area contributed by atoms with Crippen molar-refractivity contribution in [2.75, 3.05) is 0 Å². The van der Waals surface area contributed by atoms with Gasteiger partial charge in [-0.1, -0.05) is 30.3 Å². The average Bonchev–Trinajstić information content (AvgIpc) is 2.74. The summed E-state index contributed by atoms with van der Waals surface area (Å²) in [5.41, 5.74) is 1.10. The van der Waals surface area contributed by atoms with Crippen LogP contribution in [0.25, 0.3) is 0 Å². The summed E-state index contributed by atoms with van der Waals surface area (Å²) in [4.78, 5) is 3.93. The Morgan fingerprint density at radius 2 is 2.12 bits per heavy atom. The van der Waals surface area contributed by atoms with Crippen LogP contribution in [0.1, 0.15) is 16.5 Å². The van der Waals surface area contributed by atoms with Crippen molar-refractivity contribution >= 4 is 11.3 Å². The molecule has 0 saturated carbocycles. The molecule has 0 amide bonds. The van der Waals surface area contributed by atoms with Crippen molar-refractivity contribution in [2.45, 2.75) is 12.3 Å². The summed E-state index contributed by atoms with van der Waals surface area (Å²) in [6, 6.07) is 12.0. The number of benzene rings is 1. The van der Waals surface area contributed by atoms with Crippen molar-refractivity contribution in [3.05, 3.63) is 46.3 Å². The molecular formula is C12H10N2OS. The molecule has 0 aliphatic rings. The van der Waals surface area contributed by atoms with E-state index >= 15 is 0 Å². The zero-order chi connectivity index (χ0) is 11.4. The van der Waals surface area contributed by atoms with Gasteiger partial charge in [-0.05, 0) is 12.0 Å². The highest BCUT2D eigenvalue weighted by atomic mass is 32.1. The van der Waals surface area contributed by atoms with Gasteiger partial charge in [-0.25, -0.2) is 4.98 Å². The monoisotopic (exact) mass is 230 g/mol. The molecule has 0 aliphatic heterocycles. The molecule has 1 heterocycles. The molecular weight excluding hydrogens is 220 g/mol. The summed E-state index contributed by atoms with van der Waals surface area (Å²) in [6.07, 6.45) is 0.629. The minimum absolute atomic E-state index is 0.00619. The van der Waals surface area contributed by atoms with Crippen LogP contribution in [-0.4, -0.2) is 10.1 Å². The van der Waals surface area contributed by atoms with Gasteiger partial charge in [-0.2, -0.15) is 5.26 Å². The molecule has 0 aliphatic carbocycles. The topological polar surface area (TPSA) is 56.9 Å². The number of aromatic nitrogens is 1. The van der Waals surface area contributed by atoms with Crippen molar-refractivity contribution in [3.8, 4) is 11.9 Å². The zero-order valence-electron chi connectivity index (χ0n) is 8.50. The largest absolute Gasteiger partial charge is 0.493 e. The smallest absolute Gasteiger partial charge is 0.222 e. The fourth-order valence-corrected chi connectivity index (χ4v) is 2.20. The first-order valence-electron chi connectivity index (χ1n) is 4.87. The Morgan fingerprint density at radius 1 is 1.38 bits per heavy atom. The van der Waals surface area contributed by atoms with Crippen molar-refractivity contribution < 1.29 is 5.11 Å². The molecule has 0 radical (unpaired) electrons. The molecule has 0 fully saturated rings. The first-order valence-corrected chi connectivity index (χ1v) is 5.75. The van der Waals surface area contributed by atoms with E-state index in [2.05, 4.69) is 11.1 Å². The van der Waals surface area contributed by atoms with Crippen LogP contribution in [0.5, 0.6) is 5.88 Å². The SMILES string of the molecule is N#CC(Cc1ccccc1)c1nc(O)cs1. The van der Waals surface area contributed by atoms with Crippen molar-refractivity contribution in [3.63, 3.8) is 0 Å². The average molecular weight is 230 g/mol. The summed E-state index contributed by atoms with van der Waals surface area (Å²) in [6.45, 7) is 0. The van der Waals surface area contributed by atoms with E-state index in [9.17, 15) is 0 Å². The minimum Gasteiger partial charge on any atom is -0.493 e. The van der Waals surface area contributed by atoms with Gasteiger partial charge >= 0.3 is 0 Å². The third-order valence-electron chi connectivity index (χ3n) is 2.25. The molecule has 0 saturated heterocycles. The summed E-state index contributed by atoms with van der Waals surface area (Å²) in [5.74, 6) is -0.290. The molecule has 2 rings (SSSR count). The minimum atomic E-state index is -0.284. The van der Waals surface area contributed by atoms with Crippen LogP contribution in [0.3, 0.4) is 0 Å². The number of nitrogens with zero attached hydrogens (tertiary/aromatic N) is 2. The predicted molar refractivity (Wildman–Crippen MR) is 62.3 cm³/mol.